The zero-order chi connectivity index (χ0) is 20.1. The monoisotopic (exact) mass is 394 g/mol. The fraction of sp³-hybridized carbons (Fsp3) is 0.409. The summed E-state index contributed by atoms with van der Waals surface area (Å²) in [6.07, 6.45) is 4.29. The van der Waals surface area contributed by atoms with Crippen molar-refractivity contribution in [2.24, 2.45) is 5.73 Å². The zero-order valence-electron chi connectivity index (χ0n) is 16.4. The van der Waals surface area contributed by atoms with E-state index in [1.165, 1.54) is 18.2 Å². The van der Waals surface area contributed by atoms with E-state index in [4.69, 9.17) is 10.7 Å². The van der Waals surface area contributed by atoms with E-state index in [0.717, 1.165) is 54.9 Å². The van der Waals surface area contributed by atoms with Crippen molar-refractivity contribution in [2.75, 3.05) is 18.0 Å². The first-order valence-corrected chi connectivity index (χ1v) is 10.6. The molecule has 1 aromatic carbocycles. The Bertz CT molecular complexity index is 886. The maximum absolute atomic E-state index is 12.2. The largest absolute Gasteiger partial charge is 0.368 e. The highest BCUT2D eigenvalue weighted by molar-refractivity contribution is 8.00. The first-order chi connectivity index (χ1) is 13.6. The topological polar surface area (TPSA) is 83.0 Å². The minimum atomic E-state index is -0.581. The molecule has 1 amide bonds. The van der Waals surface area contributed by atoms with E-state index in [1.807, 2.05) is 37.3 Å². The Kier molecular flexibility index (Phi) is 6.58. The summed E-state index contributed by atoms with van der Waals surface area (Å²) in [6.45, 7) is 6.06. The molecule has 2 N–H and O–H groups in total. The molecule has 1 saturated heterocycles. The number of amides is 1. The number of hydrogen-bond donors (Lipinski definition) is 1. The normalized spacial score (nSPS) is 15.1. The fourth-order valence-electron chi connectivity index (χ4n) is 3.77. The summed E-state index contributed by atoms with van der Waals surface area (Å²) >= 11 is 1.28. The van der Waals surface area contributed by atoms with Gasteiger partial charge >= 0.3 is 0 Å². The van der Waals surface area contributed by atoms with Crippen LogP contribution in [0.5, 0.6) is 0 Å². The van der Waals surface area contributed by atoms with Gasteiger partial charge in [-0.15, -0.1) is 0 Å². The summed E-state index contributed by atoms with van der Waals surface area (Å²) in [7, 11) is 0. The Morgan fingerprint density at radius 1 is 1.29 bits per heavy atom. The number of pyridine rings is 1. The Balaban J connectivity index is 2.07. The highest BCUT2D eigenvalue weighted by Gasteiger charge is 2.26. The molecule has 2 heterocycles. The molecule has 5 nitrogen and oxygen atoms in total. The fourth-order valence-corrected chi connectivity index (χ4v) is 4.83. The lowest BCUT2D eigenvalue weighted by molar-refractivity contribution is -0.117. The number of nitriles is 1. The summed E-state index contributed by atoms with van der Waals surface area (Å²) in [6, 6.07) is 11.8. The van der Waals surface area contributed by atoms with Crippen LogP contribution in [0.1, 0.15) is 53.7 Å². The van der Waals surface area contributed by atoms with Crippen LogP contribution in [0.4, 0.5) is 5.82 Å². The molecular formula is C22H26N4OS. The van der Waals surface area contributed by atoms with Gasteiger partial charge in [0.25, 0.3) is 0 Å². The number of carbonyl (C=O) groups excluding carboxylic acids is 1. The molecule has 0 aliphatic carbocycles. The molecule has 0 saturated carbocycles. The van der Waals surface area contributed by atoms with Gasteiger partial charge in [-0.1, -0.05) is 49.0 Å². The van der Waals surface area contributed by atoms with Crippen molar-refractivity contribution < 1.29 is 4.79 Å². The van der Waals surface area contributed by atoms with Crippen LogP contribution in [-0.4, -0.2) is 24.0 Å². The number of anilines is 1. The lowest BCUT2D eigenvalue weighted by Gasteiger charge is -2.30. The van der Waals surface area contributed by atoms with Crippen molar-refractivity contribution in [3.63, 3.8) is 0 Å². The number of hydrogen-bond acceptors (Lipinski definition) is 5. The first kappa shape index (κ1) is 20.2. The number of rotatable bonds is 6. The predicted molar refractivity (Wildman–Crippen MR) is 113 cm³/mol. The van der Waals surface area contributed by atoms with Crippen LogP contribution in [0, 0.1) is 18.3 Å². The number of piperidine rings is 1. The highest BCUT2D eigenvalue weighted by atomic mass is 32.2. The van der Waals surface area contributed by atoms with Crippen LogP contribution in [0.25, 0.3) is 0 Å². The average molecular weight is 395 g/mol. The van der Waals surface area contributed by atoms with Crippen LogP contribution in [0.2, 0.25) is 0 Å². The smallest absolute Gasteiger partial charge is 0.235 e. The Morgan fingerprint density at radius 2 is 1.96 bits per heavy atom. The third-order valence-corrected chi connectivity index (χ3v) is 6.48. The maximum atomic E-state index is 12.2. The van der Waals surface area contributed by atoms with Gasteiger partial charge in [-0.25, -0.2) is 4.98 Å². The van der Waals surface area contributed by atoms with Crippen molar-refractivity contribution in [1.29, 1.82) is 5.26 Å². The summed E-state index contributed by atoms with van der Waals surface area (Å²) in [5, 5.41) is 9.86. The standard InChI is InChI=1S/C22H26N4OS/c1-3-17-15(2)21(26-12-8-5-9-13-26)25-22(18(17)14-23)28-19(20(24)27)16-10-6-4-7-11-16/h4,6-7,10-11,19H,3,5,8-9,12-13H2,1-2H3,(H2,24,27). The van der Waals surface area contributed by atoms with E-state index in [0.29, 0.717) is 10.6 Å². The SMILES string of the molecule is CCc1c(C)c(N2CCCCC2)nc(SC(C(N)=O)c2ccccc2)c1C#N. The van der Waals surface area contributed by atoms with Crippen LogP contribution in [0.15, 0.2) is 35.4 Å². The second-order valence-electron chi connectivity index (χ2n) is 7.04. The van der Waals surface area contributed by atoms with E-state index in [2.05, 4.69) is 17.9 Å². The van der Waals surface area contributed by atoms with Crippen LogP contribution >= 0.6 is 11.8 Å². The van der Waals surface area contributed by atoms with Gasteiger partial charge < -0.3 is 10.6 Å². The zero-order valence-corrected chi connectivity index (χ0v) is 17.3. The van der Waals surface area contributed by atoms with Gasteiger partial charge in [-0.05, 0) is 49.3 Å². The van der Waals surface area contributed by atoms with Crippen LogP contribution in [0.3, 0.4) is 0 Å². The second-order valence-corrected chi connectivity index (χ2v) is 8.14. The number of nitrogens with zero attached hydrogens (tertiary/aromatic N) is 3. The maximum Gasteiger partial charge on any atom is 0.235 e. The van der Waals surface area contributed by atoms with E-state index in [-0.39, 0.29) is 0 Å². The lowest BCUT2D eigenvalue weighted by atomic mass is 10.0. The highest BCUT2D eigenvalue weighted by Crippen LogP contribution is 2.39. The van der Waals surface area contributed by atoms with Crippen LogP contribution in [-0.2, 0) is 11.2 Å². The van der Waals surface area contributed by atoms with Gasteiger partial charge in [0.05, 0.1) is 5.56 Å². The minimum Gasteiger partial charge on any atom is -0.368 e. The summed E-state index contributed by atoms with van der Waals surface area (Å²) < 4.78 is 0. The molecule has 2 aromatic rings. The van der Waals surface area contributed by atoms with Crippen molar-refractivity contribution in [2.45, 2.75) is 49.8 Å². The van der Waals surface area contributed by atoms with E-state index in [1.54, 1.807) is 0 Å². The lowest BCUT2D eigenvalue weighted by Crippen LogP contribution is -2.31. The van der Waals surface area contributed by atoms with E-state index in [9.17, 15) is 10.1 Å². The molecule has 146 valence electrons. The molecule has 1 aliphatic heterocycles. The van der Waals surface area contributed by atoms with Gasteiger partial charge in [0.15, 0.2) is 0 Å². The van der Waals surface area contributed by atoms with Gasteiger partial charge in [0.2, 0.25) is 5.91 Å². The van der Waals surface area contributed by atoms with Crippen molar-refractivity contribution in [1.82, 2.24) is 4.98 Å². The molecule has 1 aliphatic rings. The number of carbonyl (C=O) groups is 1. The van der Waals surface area contributed by atoms with E-state index < -0.39 is 11.2 Å². The second kappa shape index (κ2) is 9.11. The number of nitrogens with two attached hydrogens (primary N) is 1. The Labute approximate surface area is 170 Å². The molecule has 28 heavy (non-hydrogen) atoms. The Morgan fingerprint density at radius 3 is 2.54 bits per heavy atom. The molecule has 0 bridgehead atoms. The summed E-state index contributed by atoms with van der Waals surface area (Å²) in [5.74, 6) is 0.509. The molecule has 1 aromatic heterocycles. The third kappa shape index (κ3) is 4.15. The number of aromatic nitrogens is 1. The van der Waals surface area contributed by atoms with Crippen molar-refractivity contribution in [3.05, 3.63) is 52.6 Å². The molecular weight excluding hydrogens is 368 g/mol. The first-order valence-electron chi connectivity index (χ1n) is 9.76. The molecule has 0 radical (unpaired) electrons. The predicted octanol–water partition coefficient (Wildman–Crippen LogP) is 4.13. The van der Waals surface area contributed by atoms with E-state index >= 15 is 0 Å². The average Bonchev–Trinajstić information content (AvgIpc) is 2.73. The van der Waals surface area contributed by atoms with Gasteiger partial charge in [-0.2, -0.15) is 5.26 Å². The summed E-state index contributed by atoms with van der Waals surface area (Å²) in [4.78, 5) is 19.4. The minimum absolute atomic E-state index is 0.431. The molecule has 1 fully saturated rings. The molecule has 6 heteroatoms. The summed E-state index contributed by atoms with van der Waals surface area (Å²) in [5.41, 5.74) is 9.18. The van der Waals surface area contributed by atoms with Crippen molar-refractivity contribution in [3.8, 4) is 6.07 Å². The number of thioether (sulfide) groups is 1. The third-order valence-electron chi connectivity index (χ3n) is 5.22. The van der Waals surface area contributed by atoms with Crippen LogP contribution < -0.4 is 10.6 Å². The number of benzene rings is 1. The van der Waals surface area contributed by atoms with Gasteiger partial charge in [-0.3, -0.25) is 4.79 Å². The van der Waals surface area contributed by atoms with Gasteiger partial charge in [0, 0.05) is 13.1 Å². The van der Waals surface area contributed by atoms with Gasteiger partial charge in [0.1, 0.15) is 22.2 Å². The molecule has 3 rings (SSSR count). The molecule has 1 unspecified atom stereocenters. The molecule has 1 atom stereocenters. The molecule has 0 spiro atoms. The number of primary amides is 1. The quantitative estimate of drug-likeness (QED) is 0.745. The van der Waals surface area contributed by atoms with Crippen molar-refractivity contribution >= 4 is 23.5 Å². The Hall–Kier alpha value is -2.52.